The molecule has 1 aliphatic carbocycles. The summed E-state index contributed by atoms with van der Waals surface area (Å²) in [5, 5.41) is 2.93. The number of hydrogen-bond donors (Lipinski definition) is 2. The van der Waals surface area contributed by atoms with E-state index in [0.29, 0.717) is 12.3 Å². The smallest absolute Gasteiger partial charge is 0.224 e. The molecule has 1 amide bonds. The van der Waals surface area contributed by atoms with Crippen LogP contribution in [0.2, 0.25) is 0 Å². The Morgan fingerprint density at radius 2 is 2.20 bits per heavy atom. The maximum absolute atomic E-state index is 11.5. The minimum Gasteiger partial charge on any atom is -0.327 e. The van der Waals surface area contributed by atoms with Gasteiger partial charge in [-0.25, -0.2) is 0 Å². The predicted octanol–water partition coefficient (Wildman–Crippen LogP) is 1.39. The molecule has 2 aliphatic rings. The molecule has 1 unspecified atom stereocenters. The Labute approximate surface area is 88.7 Å². The summed E-state index contributed by atoms with van der Waals surface area (Å²) in [6.45, 7) is 0. The number of nitrogens with one attached hydrogen (secondary N) is 1. The van der Waals surface area contributed by atoms with E-state index in [-0.39, 0.29) is 11.9 Å². The minimum atomic E-state index is 0.124. The molecule has 0 bridgehead atoms. The molecule has 1 aliphatic heterocycles. The van der Waals surface area contributed by atoms with Gasteiger partial charge in [0.15, 0.2) is 0 Å². The van der Waals surface area contributed by atoms with Crippen LogP contribution in [0.1, 0.15) is 29.9 Å². The first kappa shape index (κ1) is 8.92. The number of nitrogens with two attached hydrogens (primary N) is 1. The average molecular weight is 202 g/mol. The fourth-order valence-corrected chi connectivity index (χ4v) is 2.84. The van der Waals surface area contributed by atoms with E-state index in [4.69, 9.17) is 5.73 Å². The third-order valence-corrected chi connectivity index (χ3v) is 3.38. The molecule has 3 heteroatoms. The normalized spacial score (nSPS) is 28.2. The minimum absolute atomic E-state index is 0.124. The van der Waals surface area contributed by atoms with Gasteiger partial charge in [-0.3, -0.25) is 4.79 Å². The molecule has 3 rings (SSSR count). The molecule has 0 aromatic heterocycles. The first-order chi connectivity index (χ1) is 7.24. The van der Waals surface area contributed by atoms with Gasteiger partial charge < -0.3 is 11.1 Å². The molecule has 15 heavy (non-hydrogen) atoms. The lowest BCUT2D eigenvalue weighted by molar-refractivity contribution is -0.116. The van der Waals surface area contributed by atoms with Crippen molar-refractivity contribution in [3.63, 3.8) is 0 Å². The highest BCUT2D eigenvalue weighted by Crippen LogP contribution is 2.41. The zero-order valence-electron chi connectivity index (χ0n) is 8.49. The van der Waals surface area contributed by atoms with Crippen molar-refractivity contribution in [2.24, 2.45) is 5.73 Å². The van der Waals surface area contributed by atoms with Crippen molar-refractivity contribution < 1.29 is 4.79 Å². The van der Waals surface area contributed by atoms with Gasteiger partial charge in [0.1, 0.15) is 0 Å². The van der Waals surface area contributed by atoms with Gasteiger partial charge in [-0.1, -0.05) is 12.1 Å². The monoisotopic (exact) mass is 202 g/mol. The van der Waals surface area contributed by atoms with E-state index >= 15 is 0 Å². The Morgan fingerprint density at radius 1 is 1.33 bits per heavy atom. The SMILES string of the molecule is NC1Cc2cccc3c2[C@H](CC(=O)N3)C1. The van der Waals surface area contributed by atoms with Crippen LogP contribution in [0.15, 0.2) is 18.2 Å². The number of carbonyl (C=O) groups excluding carboxylic acids is 1. The van der Waals surface area contributed by atoms with Gasteiger partial charge in [-0.2, -0.15) is 0 Å². The Morgan fingerprint density at radius 3 is 3.07 bits per heavy atom. The van der Waals surface area contributed by atoms with E-state index in [1.807, 2.05) is 12.1 Å². The van der Waals surface area contributed by atoms with Crippen molar-refractivity contribution in [2.45, 2.75) is 31.2 Å². The Bertz CT molecular complexity index is 428. The summed E-state index contributed by atoms with van der Waals surface area (Å²) in [4.78, 5) is 11.5. The Balaban J connectivity index is 2.15. The number of rotatable bonds is 0. The van der Waals surface area contributed by atoms with Gasteiger partial charge in [0, 0.05) is 18.2 Å². The molecule has 2 atom stereocenters. The molecule has 0 saturated carbocycles. The standard InChI is InChI=1S/C12H14N2O/c13-9-4-7-2-1-3-10-12(7)8(5-9)6-11(15)14-10/h1-3,8-9H,4-6,13H2,(H,14,15)/t8-,9?/m0/s1. The van der Waals surface area contributed by atoms with Crippen molar-refractivity contribution >= 4 is 11.6 Å². The first-order valence-corrected chi connectivity index (χ1v) is 5.41. The third kappa shape index (κ3) is 1.35. The van der Waals surface area contributed by atoms with E-state index in [1.165, 1.54) is 11.1 Å². The van der Waals surface area contributed by atoms with Crippen molar-refractivity contribution in [3.05, 3.63) is 29.3 Å². The molecule has 1 aromatic carbocycles. The highest BCUT2D eigenvalue weighted by Gasteiger charge is 2.32. The lowest BCUT2D eigenvalue weighted by Crippen LogP contribution is -2.35. The second-order valence-electron chi connectivity index (χ2n) is 4.53. The van der Waals surface area contributed by atoms with E-state index in [0.717, 1.165) is 18.5 Å². The van der Waals surface area contributed by atoms with Gasteiger partial charge in [0.2, 0.25) is 5.91 Å². The summed E-state index contributed by atoms with van der Waals surface area (Å²) < 4.78 is 0. The Hall–Kier alpha value is -1.35. The topological polar surface area (TPSA) is 55.1 Å². The second kappa shape index (κ2) is 3.07. The molecule has 1 aromatic rings. The van der Waals surface area contributed by atoms with E-state index in [9.17, 15) is 4.79 Å². The van der Waals surface area contributed by atoms with Gasteiger partial charge in [0.25, 0.3) is 0 Å². The van der Waals surface area contributed by atoms with Crippen LogP contribution in [0, 0.1) is 0 Å². The van der Waals surface area contributed by atoms with E-state index in [1.54, 1.807) is 0 Å². The fraction of sp³-hybridized carbons (Fsp3) is 0.417. The summed E-state index contributed by atoms with van der Waals surface area (Å²) in [7, 11) is 0. The highest BCUT2D eigenvalue weighted by molar-refractivity contribution is 5.95. The lowest BCUT2D eigenvalue weighted by Gasteiger charge is -2.34. The van der Waals surface area contributed by atoms with Crippen LogP contribution >= 0.6 is 0 Å². The van der Waals surface area contributed by atoms with Gasteiger partial charge in [-0.05, 0) is 36.0 Å². The average Bonchev–Trinajstić information content (AvgIpc) is 2.16. The largest absolute Gasteiger partial charge is 0.327 e. The van der Waals surface area contributed by atoms with Crippen molar-refractivity contribution in [3.8, 4) is 0 Å². The molecule has 3 nitrogen and oxygen atoms in total. The highest BCUT2D eigenvalue weighted by atomic mass is 16.1. The number of benzene rings is 1. The van der Waals surface area contributed by atoms with Crippen LogP contribution in [-0.4, -0.2) is 11.9 Å². The lowest BCUT2D eigenvalue weighted by atomic mass is 9.76. The van der Waals surface area contributed by atoms with Crippen molar-refractivity contribution in [1.29, 1.82) is 0 Å². The molecule has 3 N–H and O–H groups in total. The second-order valence-corrected chi connectivity index (χ2v) is 4.53. The summed E-state index contributed by atoms with van der Waals surface area (Å²) in [5.41, 5.74) is 9.65. The predicted molar refractivity (Wildman–Crippen MR) is 58.7 cm³/mol. The summed E-state index contributed by atoms with van der Waals surface area (Å²) in [6.07, 6.45) is 2.48. The number of carbonyl (C=O) groups is 1. The van der Waals surface area contributed by atoms with Crippen molar-refractivity contribution in [2.75, 3.05) is 5.32 Å². The van der Waals surface area contributed by atoms with Crippen LogP contribution in [0.25, 0.3) is 0 Å². The van der Waals surface area contributed by atoms with Crippen LogP contribution in [0.3, 0.4) is 0 Å². The molecule has 0 radical (unpaired) electrons. The maximum atomic E-state index is 11.5. The third-order valence-electron chi connectivity index (χ3n) is 3.38. The molecule has 78 valence electrons. The maximum Gasteiger partial charge on any atom is 0.224 e. The summed E-state index contributed by atoms with van der Waals surface area (Å²) in [5.74, 6) is 0.465. The fourth-order valence-electron chi connectivity index (χ4n) is 2.84. The van der Waals surface area contributed by atoms with Crippen LogP contribution in [0.4, 0.5) is 5.69 Å². The molecule has 0 fully saturated rings. The zero-order valence-corrected chi connectivity index (χ0v) is 8.49. The quantitative estimate of drug-likeness (QED) is 0.668. The van der Waals surface area contributed by atoms with Crippen molar-refractivity contribution in [1.82, 2.24) is 0 Å². The van der Waals surface area contributed by atoms with Crippen LogP contribution in [0.5, 0.6) is 0 Å². The van der Waals surface area contributed by atoms with Gasteiger partial charge in [-0.15, -0.1) is 0 Å². The van der Waals surface area contributed by atoms with Crippen LogP contribution in [-0.2, 0) is 11.2 Å². The molecule has 0 spiro atoms. The zero-order chi connectivity index (χ0) is 10.4. The summed E-state index contributed by atoms with van der Waals surface area (Å²) >= 11 is 0. The number of anilines is 1. The van der Waals surface area contributed by atoms with Gasteiger partial charge >= 0.3 is 0 Å². The van der Waals surface area contributed by atoms with Crippen LogP contribution < -0.4 is 11.1 Å². The number of amides is 1. The van der Waals surface area contributed by atoms with E-state index in [2.05, 4.69) is 11.4 Å². The Kier molecular flexibility index (Phi) is 1.83. The molecular formula is C12H14N2O. The van der Waals surface area contributed by atoms with E-state index < -0.39 is 0 Å². The molecular weight excluding hydrogens is 188 g/mol. The summed E-state index contributed by atoms with van der Waals surface area (Å²) in [6, 6.07) is 6.32. The van der Waals surface area contributed by atoms with Gasteiger partial charge in [0.05, 0.1) is 0 Å². The first-order valence-electron chi connectivity index (χ1n) is 5.41. The molecule has 0 saturated heterocycles. The number of hydrogen-bond acceptors (Lipinski definition) is 2. The molecule has 1 heterocycles.